The van der Waals surface area contributed by atoms with E-state index >= 15 is 0 Å². The molecule has 1 aliphatic heterocycles. The predicted octanol–water partition coefficient (Wildman–Crippen LogP) is 6.94. The van der Waals surface area contributed by atoms with Gasteiger partial charge >= 0.3 is 6.18 Å². The molecule has 3 aromatic rings. The van der Waals surface area contributed by atoms with Crippen molar-refractivity contribution in [3.05, 3.63) is 101 Å². The number of benzene rings is 3. The SMILES string of the molecule is C/C(=N/Sc1ccc(C(F)(F)F)cc1)N1CC(c2ccccc2)C(c2ccc(C)cc2)=N1. The van der Waals surface area contributed by atoms with Crippen LogP contribution in [0.15, 0.2) is 93.3 Å². The summed E-state index contributed by atoms with van der Waals surface area (Å²) in [4.78, 5) is 0.638. The van der Waals surface area contributed by atoms with Crippen LogP contribution in [0.1, 0.15) is 35.1 Å². The molecule has 4 rings (SSSR count). The van der Waals surface area contributed by atoms with Crippen LogP contribution in [0, 0.1) is 6.92 Å². The zero-order valence-electron chi connectivity index (χ0n) is 17.7. The number of halogens is 3. The standard InChI is InChI=1S/C25H22F3N3S/c1-17-8-10-20(11-9-17)24-23(19-6-4-3-5-7-19)16-31(29-24)18(2)30-32-22-14-12-21(13-15-22)25(26,27)28/h3-15,23H,16H2,1-2H3/b30-18-. The van der Waals surface area contributed by atoms with Crippen molar-refractivity contribution in [1.82, 2.24) is 5.01 Å². The molecule has 0 spiro atoms. The van der Waals surface area contributed by atoms with Gasteiger partial charge in [-0.1, -0.05) is 60.2 Å². The highest BCUT2D eigenvalue weighted by molar-refractivity contribution is 7.98. The third-order valence-corrected chi connectivity index (χ3v) is 6.14. The first-order valence-electron chi connectivity index (χ1n) is 10.2. The lowest BCUT2D eigenvalue weighted by molar-refractivity contribution is -0.137. The molecule has 0 saturated carbocycles. The Bertz CT molecular complexity index is 1120. The molecule has 32 heavy (non-hydrogen) atoms. The lowest BCUT2D eigenvalue weighted by Crippen LogP contribution is -2.23. The van der Waals surface area contributed by atoms with Gasteiger partial charge in [-0.25, -0.2) is 5.01 Å². The first-order chi connectivity index (χ1) is 15.3. The summed E-state index contributed by atoms with van der Waals surface area (Å²) in [7, 11) is 0. The fourth-order valence-corrected chi connectivity index (χ4v) is 4.10. The third-order valence-electron chi connectivity index (χ3n) is 5.30. The van der Waals surface area contributed by atoms with Crippen LogP contribution in [0.2, 0.25) is 0 Å². The molecule has 1 heterocycles. The first kappa shape index (κ1) is 22.1. The van der Waals surface area contributed by atoms with Crippen molar-refractivity contribution in [2.75, 3.05) is 6.54 Å². The Morgan fingerprint density at radius 1 is 0.969 bits per heavy atom. The number of aryl methyl sites for hydroxylation is 1. The van der Waals surface area contributed by atoms with Gasteiger partial charge in [-0.05, 0) is 49.2 Å². The van der Waals surface area contributed by atoms with E-state index in [-0.39, 0.29) is 5.92 Å². The van der Waals surface area contributed by atoms with E-state index in [1.54, 1.807) is 0 Å². The second kappa shape index (κ2) is 9.20. The summed E-state index contributed by atoms with van der Waals surface area (Å²) < 4.78 is 42.8. The summed E-state index contributed by atoms with van der Waals surface area (Å²) in [6, 6.07) is 23.5. The summed E-state index contributed by atoms with van der Waals surface area (Å²) >= 11 is 1.14. The Labute approximate surface area is 189 Å². The smallest absolute Gasteiger partial charge is 0.250 e. The van der Waals surface area contributed by atoms with Gasteiger partial charge in [0.05, 0.1) is 17.8 Å². The highest BCUT2D eigenvalue weighted by atomic mass is 32.2. The summed E-state index contributed by atoms with van der Waals surface area (Å²) in [5.41, 5.74) is 3.74. The minimum Gasteiger partial charge on any atom is -0.250 e. The van der Waals surface area contributed by atoms with Gasteiger partial charge in [0.25, 0.3) is 0 Å². The Kier molecular flexibility index (Phi) is 6.37. The zero-order valence-corrected chi connectivity index (χ0v) is 18.5. The largest absolute Gasteiger partial charge is 0.416 e. The third kappa shape index (κ3) is 5.05. The van der Waals surface area contributed by atoms with Crippen molar-refractivity contribution >= 4 is 23.5 Å². The number of nitrogens with zero attached hydrogens (tertiary/aromatic N) is 3. The van der Waals surface area contributed by atoms with Crippen LogP contribution >= 0.6 is 11.9 Å². The zero-order chi connectivity index (χ0) is 22.7. The molecule has 0 aromatic heterocycles. The maximum absolute atomic E-state index is 12.8. The van der Waals surface area contributed by atoms with Crippen LogP contribution in [0.4, 0.5) is 13.2 Å². The molecule has 0 saturated heterocycles. The number of rotatable bonds is 4. The van der Waals surface area contributed by atoms with E-state index in [1.807, 2.05) is 30.1 Å². The lowest BCUT2D eigenvalue weighted by atomic mass is 9.90. The Hall–Kier alpha value is -3.06. The van der Waals surface area contributed by atoms with Crippen LogP contribution in [-0.2, 0) is 6.18 Å². The minimum atomic E-state index is -4.34. The average Bonchev–Trinajstić information content (AvgIpc) is 3.24. The van der Waals surface area contributed by atoms with Gasteiger partial charge in [0.1, 0.15) is 5.84 Å². The molecule has 0 bridgehead atoms. The Balaban J connectivity index is 1.56. The molecule has 3 nitrogen and oxygen atoms in total. The molecule has 0 fully saturated rings. The number of amidine groups is 1. The van der Waals surface area contributed by atoms with Crippen molar-refractivity contribution in [2.45, 2.75) is 30.8 Å². The quantitative estimate of drug-likeness (QED) is 0.243. The number of hydrogen-bond acceptors (Lipinski definition) is 3. The van der Waals surface area contributed by atoms with E-state index in [0.29, 0.717) is 17.3 Å². The van der Waals surface area contributed by atoms with E-state index in [9.17, 15) is 13.2 Å². The van der Waals surface area contributed by atoms with Crippen molar-refractivity contribution in [3.63, 3.8) is 0 Å². The molecule has 1 aliphatic rings. The second-order valence-electron chi connectivity index (χ2n) is 7.65. The molecule has 164 valence electrons. The molecule has 1 atom stereocenters. The molecular formula is C25H22F3N3S. The number of hydrazone groups is 1. The van der Waals surface area contributed by atoms with Gasteiger partial charge in [0, 0.05) is 22.8 Å². The Morgan fingerprint density at radius 3 is 2.25 bits per heavy atom. The van der Waals surface area contributed by atoms with Crippen LogP contribution < -0.4 is 0 Å². The van der Waals surface area contributed by atoms with Gasteiger partial charge in [-0.2, -0.15) is 22.7 Å². The van der Waals surface area contributed by atoms with Gasteiger partial charge in [-0.15, -0.1) is 0 Å². The minimum absolute atomic E-state index is 0.0973. The van der Waals surface area contributed by atoms with Crippen LogP contribution in [0.25, 0.3) is 0 Å². The molecule has 1 unspecified atom stereocenters. The lowest BCUT2D eigenvalue weighted by Gasteiger charge is -2.16. The van der Waals surface area contributed by atoms with E-state index in [2.05, 4.69) is 47.7 Å². The second-order valence-corrected chi connectivity index (χ2v) is 8.49. The number of hydrogen-bond donors (Lipinski definition) is 0. The maximum Gasteiger partial charge on any atom is 0.416 e. The summed E-state index contributed by atoms with van der Waals surface area (Å²) in [5.74, 6) is 0.790. The average molecular weight is 454 g/mol. The van der Waals surface area contributed by atoms with Crippen LogP contribution in [0.5, 0.6) is 0 Å². The fraction of sp³-hybridized carbons (Fsp3) is 0.200. The normalized spacial score (nSPS) is 16.9. The molecular weight excluding hydrogens is 431 g/mol. The topological polar surface area (TPSA) is 28.0 Å². The van der Waals surface area contributed by atoms with Gasteiger partial charge < -0.3 is 0 Å². The molecule has 0 N–H and O–H groups in total. The Morgan fingerprint density at radius 2 is 1.62 bits per heavy atom. The van der Waals surface area contributed by atoms with Crippen molar-refractivity contribution in [2.24, 2.45) is 9.50 Å². The van der Waals surface area contributed by atoms with Crippen LogP contribution in [-0.4, -0.2) is 23.1 Å². The molecule has 0 aliphatic carbocycles. The van der Waals surface area contributed by atoms with E-state index in [0.717, 1.165) is 35.4 Å². The molecule has 0 radical (unpaired) electrons. The van der Waals surface area contributed by atoms with E-state index in [4.69, 9.17) is 5.10 Å². The monoisotopic (exact) mass is 453 g/mol. The fourth-order valence-electron chi connectivity index (χ4n) is 3.51. The summed E-state index contributed by atoms with van der Waals surface area (Å²) in [6.45, 7) is 4.56. The van der Waals surface area contributed by atoms with E-state index < -0.39 is 11.7 Å². The summed E-state index contributed by atoms with van der Waals surface area (Å²) in [5, 5.41) is 6.73. The highest BCUT2D eigenvalue weighted by Gasteiger charge is 2.31. The molecule has 0 amide bonds. The van der Waals surface area contributed by atoms with Crippen molar-refractivity contribution in [1.29, 1.82) is 0 Å². The van der Waals surface area contributed by atoms with E-state index in [1.165, 1.54) is 23.3 Å². The van der Waals surface area contributed by atoms with Gasteiger partial charge in [0.15, 0.2) is 0 Å². The summed E-state index contributed by atoms with van der Waals surface area (Å²) in [6.07, 6.45) is -4.34. The van der Waals surface area contributed by atoms with Crippen LogP contribution in [0.3, 0.4) is 0 Å². The van der Waals surface area contributed by atoms with Crippen molar-refractivity contribution in [3.8, 4) is 0 Å². The van der Waals surface area contributed by atoms with Crippen molar-refractivity contribution < 1.29 is 13.2 Å². The van der Waals surface area contributed by atoms with Gasteiger partial charge in [-0.3, -0.25) is 0 Å². The first-order valence-corrected chi connectivity index (χ1v) is 11.0. The van der Waals surface area contributed by atoms with Gasteiger partial charge in [0.2, 0.25) is 0 Å². The molecule has 7 heteroatoms. The molecule has 3 aromatic carbocycles. The number of alkyl halides is 3. The maximum atomic E-state index is 12.8. The predicted molar refractivity (Wildman–Crippen MR) is 124 cm³/mol. The highest BCUT2D eigenvalue weighted by Crippen LogP contribution is 2.32.